The summed E-state index contributed by atoms with van der Waals surface area (Å²) < 4.78 is 39.1. The van der Waals surface area contributed by atoms with Crippen molar-refractivity contribution in [2.24, 2.45) is 0 Å². The van der Waals surface area contributed by atoms with Crippen LogP contribution in [0, 0.1) is 0 Å². The lowest BCUT2D eigenvalue weighted by atomic mass is 10.2. The molecule has 0 N–H and O–H groups in total. The molecular weight excluding hydrogens is 205 g/mol. The van der Waals surface area contributed by atoms with Gasteiger partial charge in [0.15, 0.2) is 0 Å². The normalized spacial score (nSPS) is 12.3. The highest BCUT2D eigenvalue weighted by Gasteiger charge is 2.33. The fraction of sp³-hybridized carbons (Fsp3) is 0.300. The largest absolute Gasteiger partial charge is 0.419 e. The van der Waals surface area contributed by atoms with Crippen molar-refractivity contribution in [2.75, 3.05) is 0 Å². The van der Waals surface area contributed by atoms with E-state index in [1.54, 1.807) is 12.4 Å². The number of pyridine rings is 1. The number of alkyl halides is 3. The Labute approximate surface area is 84.4 Å². The van der Waals surface area contributed by atoms with Gasteiger partial charge >= 0.3 is 6.18 Å². The lowest BCUT2D eigenvalue weighted by molar-refractivity contribution is -0.136. The first-order valence-electron chi connectivity index (χ1n) is 4.56. The molecule has 0 radical (unpaired) electrons. The molecule has 2 aromatic rings. The van der Waals surface area contributed by atoms with Crippen molar-refractivity contribution in [3.63, 3.8) is 0 Å². The number of imidazole rings is 1. The van der Waals surface area contributed by atoms with E-state index in [1.165, 1.54) is 10.5 Å². The fourth-order valence-electron chi connectivity index (χ4n) is 1.46. The summed E-state index contributed by atoms with van der Waals surface area (Å²) in [4.78, 5) is 3.94. The topological polar surface area (TPSA) is 17.3 Å². The van der Waals surface area contributed by atoms with Gasteiger partial charge in [-0.2, -0.15) is 13.2 Å². The Bertz CT molecular complexity index is 485. The molecule has 0 aliphatic rings. The van der Waals surface area contributed by atoms with Crippen LogP contribution in [0.15, 0.2) is 24.5 Å². The maximum absolute atomic E-state index is 12.6. The highest BCUT2D eigenvalue weighted by molar-refractivity contribution is 5.50. The second kappa shape index (κ2) is 3.25. The molecule has 15 heavy (non-hydrogen) atoms. The second-order valence-corrected chi connectivity index (χ2v) is 3.24. The van der Waals surface area contributed by atoms with Crippen LogP contribution in [0.2, 0.25) is 0 Å². The van der Waals surface area contributed by atoms with Crippen LogP contribution < -0.4 is 0 Å². The predicted octanol–water partition coefficient (Wildman–Crippen LogP) is 2.92. The summed E-state index contributed by atoms with van der Waals surface area (Å²) in [6.07, 6.45) is -0.543. The van der Waals surface area contributed by atoms with E-state index < -0.39 is 11.7 Å². The molecule has 0 aliphatic heterocycles. The van der Waals surface area contributed by atoms with E-state index in [0.29, 0.717) is 12.1 Å². The van der Waals surface area contributed by atoms with Crippen LogP contribution in [-0.2, 0) is 12.6 Å². The van der Waals surface area contributed by atoms with Crippen molar-refractivity contribution in [1.82, 2.24) is 9.38 Å². The van der Waals surface area contributed by atoms with Crippen molar-refractivity contribution < 1.29 is 13.2 Å². The first-order chi connectivity index (χ1) is 7.02. The molecule has 2 nitrogen and oxygen atoms in total. The summed E-state index contributed by atoms with van der Waals surface area (Å²) in [7, 11) is 0. The average molecular weight is 214 g/mol. The average Bonchev–Trinajstić information content (AvgIpc) is 2.57. The first-order valence-corrected chi connectivity index (χ1v) is 4.56. The zero-order valence-corrected chi connectivity index (χ0v) is 8.04. The van der Waals surface area contributed by atoms with Crippen molar-refractivity contribution in [2.45, 2.75) is 19.5 Å². The Hall–Kier alpha value is -1.52. The van der Waals surface area contributed by atoms with Gasteiger partial charge in [0.05, 0.1) is 11.3 Å². The Kier molecular flexibility index (Phi) is 2.17. The number of nitrogens with zero attached hydrogens (tertiary/aromatic N) is 2. The molecule has 0 aliphatic carbocycles. The van der Waals surface area contributed by atoms with E-state index >= 15 is 0 Å². The summed E-state index contributed by atoms with van der Waals surface area (Å²) in [6.45, 7) is 1.86. The number of halogens is 3. The van der Waals surface area contributed by atoms with Gasteiger partial charge in [-0.05, 0) is 18.6 Å². The van der Waals surface area contributed by atoms with Crippen LogP contribution in [0.1, 0.15) is 18.2 Å². The molecule has 0 aromatic carbocycles. The van der Waals surface area contributed by atoms with E-state index in [4.69, 9.17) is 0 Å². The molecule has 0 saturated carbocycles. The second-order valence-electron chi connectivity index (χ2n) is 3.24. The molecule has 5 heteroatoms. The zero-order chi connectivity index (χ0) is 11.1. The van der Waals surface area contributed by atoms with E-state index in [1.807, 2.05) is 6.92 Å². The first kappa shape index (κ1) is 10.0. The van der Waals surface area contributed by atoms with E-state index in [2.05, 4.69) is 4.98 Å². The highest BCUT2D eigenvalue weighted by Crippen LogP contribution is 2.31. The molecular formula is C10H9F3N2. The molecule has 0 fully saturated rings. The quantitative estimate of drug-likeness (QED) is 0.713. The molecule has 80 valence electrons. The smallest absolute Gasteiger partial charge is 0.306 e. The summed E-state index contributed by atoms with van der Waals surface area (Å²) in [6, 6.07) is 2.42. The van der Waals surface area contributed by atoms with Gasteiger partial charge in [-0.15, -0.1) is 0 Å². The van der Waals surface area contributed by atoms with Gasteiger partial charge in [-0.3, -0.25) is 0 Å². The summed E-state index contributed by atoms with van der Waals surface area (Å²) in [5.41, 5.74) is -0.0572. The minimum atomic E-state index is -4.35. The summed E-state index contributed by atoms with van der Waals surface area (Å²) >= 11 is 0. The van der Waals surface area contributed by atoms with E-state index in [9.17, 15) is 13.2 Å². The lowest BCUT2D eigenvalue weighted by Crippen LogP contribution is -2.07. The van der Waals surface area contributed by atoms with Crippen molar-refractivity contribution >= 4 is 5.65 Å². The maximum atomic E-state index is 12.6. The van der Waals surface area contributed by atoms with Gasteiger partial charge in [0.2, 0.25) is 0 Å². The Morgan fingerprint density at radius 3 is 2.73 bits per heavy atom. The van der Waals surface area contributed by atoms with Crippen LogP contribution in [0.5, 0.6) is 0 Å². The van der Waals surface area contributed by atoms with Crippen LogP contribution in [-0.4, -0.2) is 9.38 Å². The maximum Gasteiger partial charge on any atom is 0.419 e. The fourth-order valence-corrected chi connectivity index (χ4v) is 1.46. The molecule has 2 heterocycles. The van der Waals surface area contributed by atoms with Gasteiger partial charge in [0, 0.05) is 12.4 Å². The minimum absolute atomic E-state index is 0.0261. The summed E-state index contributed by atoms with van der Waals surface area (Å²) in [5.74, 6) is 0. The molecule has 0 bridgehead atoms. The van der Waals surface area contributed by atoms with Crippen molar-refractivity contribution in [3.05, 3.63) is 35.8 Å². The monoisotopic (exact) mass is 214 g/mol. The zero-order valence-electron chi connectivity index (χ0n) is 8.04. The van der Waals surface area contributed by atoms with Crippen molar-refractivity contribution in [3.8, 4) is 0 Å². The lowest BCUT2D eigenvalue weighted by Gasteiger charge is -2.06. The summed E-state index contributed by atoms with van der Waals surface area (Å²) in [5, 5.41) is 0. The number of hydrogen-bond acceptors (Lipinski definition) is 1. The van der Waals surface area contributed by atoms with Crippen LogP contribution in [0.3, 0.4) is 0 Å². The van der Waals surface area contributed by atoms with Gasteiger partial charge in [-0.25, -0.2) is 4.98 Å². The van der Waals surface area contributed by atoms with Gasteiger partial charge < -0.3 is 4.40 Å². The van der Waals surface area contributed by atoms with Crippen LogP contribution >= 0.6 is 0 Å². The van der Waals surface area contributed by atoms with E-state index in [0.717, 1.165) is 6.07 Å². The number of aromatic nitrogens is 2. The highest BCUT2D eigenvalue weighted by atomic mass is 19.4. The molecule has 0 unspecified atom stereocenters. The molecule has 0 atom stereocenters. The Morgan fingerprint density at radius 1 is 1.40 bits per heavy atom. The van der Waals surface area contributed by atoms with Gasteiger partial charge in [0.25, 0.3) is 0 Å². The SMILES string of the molecule is CCc1cn2cccc(C(F)(F)F)c2n1. The third-order valence-electron chi connectivity index (χ3n) is 2.20. The number of aryl methyl sites for hydroxylation is 1. The molecule has 0 amide bonds. The number of hydrogen-bond donors (Lipinski definition) is 0. The number of rotatable bonds is 1. The van der Waals surface area contributed by atoms with Gasteiger partial charge in [0.1, 0.15) is 5.65 Å². The molecule has 0 spiro atoms. The van der Waals surface area contributed by atoms with Gasteiger partial charge in [-0.1, -0.05) is 6.92 Å². The van der Waals surface area contributed by atoms with Crippen LogP contribution in [0.25, 0.3) is 5.65 Å². The molecule has 0 saturated heterocycles. The van der Waals surface area contributed by atoms with Crippen LogP contribution in [0.4, 0.5) is 13.2 Å². The predicted molar refractivity (Wildman–Crippen MR) is 49.6 cm³/mol. The Morgan fingerprint density at radius 2 is 2.13 bits per heavy atom. The molecule has 2 rings (SSSR count). The number of fused-ring (bicyclic) bond motifs is 1. The van der Waals surface area contributed by atoms with Crippen molar-refractivity contribution in [1.29, 1.82) is 0 Å². The third kappa shape index (κ3) is 1.69. The molecule has 2 aromatic heterocycles. The third-order valence-corrected chi connectivity index (χ3v) is 2.20. The standard InChI is InChI=1S/C10H9F3N2/c1-2-7-6-15-5-3-4-8(9(15)14-7)10(11,12)13/h3-6H,2H2,1H3. The minimum Gasteiger partial charge on any atom is -0.306 e. The Balaban J connectivity index is 2.70. The van der Waals surface area contributed by atoms with E-state index in [-0.39, 0.29) is 5.65 Å².